The third-order valence-electron chi connectivity index (χ3n) is 1.06. The average Bonchev–Trinajstić information content (AvgIpc) is 1.94. The van der Waals surface area contributed by atoms with Gasteiger partial charge in [0.1, 0.15) is 11.3 Å². The minimum atomic E-state index is -1.45. The zero-order valence-corrected chi connectivity index (χ0v) is 5.28. The SMILES string of the molecule is O=C(O)c1cc(O)cnc1F. The Morgan fingerprint density at radius 3 is 2.73 bits per heavy atom. The van der Waals surface area contributed by atoms with Crippen LogP contribution in [0.4, 0.5) is 4.39 Å². The molecule has 0 atom stereocenters. The minimum absolute atomic E-state index is 0.371. The summed E-state index contributed by atoms with van der Waals surface area (Å²) in [5, 5.41) is 17.0. The average molecular weight is 157 g/mol. The monoisotopic (exact) mass is 157 g/mol. The summed E-state index contributed by atoms with van der Waals surface area (Å²) in [7, 11) is 0. The Hall–Kier alpha value is -1.65. The molecule has 58 valence electrons. The van der Waals surface area contributed by atoms with E-state index in [0.717, 1.165) is 12.3 Å². The number of nitrogens with zero attached hydrogens (tertiary/aromatic N) is 1. The number of aromatic carboxylic acids is 1. The van der Waals surface area contributed by atoms with E-state index < -0.39 is 17.5 Å². The third-order valence-corrected chi connectivity index (χ3v) is 1.06. The van der Waals surface area contributed by atoms with Crippen molar-refractivity contribution in [1.29, 1.82) is 0 Å². The number of halogens is 1. The van der Waals surface area contributed by atoms with Gasteiger partial charge in [0.2, 0.25) is 5.95 Å². The van der Waals surface area contributed by atoms with E-state index >= 15 is 0 Å². The Morgan fingerprint density at radius 2 is 2.27 bits per heavy atom. The number of carbonyl (C=O) groups is 1. The topological polar surface area (TPSA) is 70.4 Å². The fourth-order valence-electron chi connectivity index (χ4n) is 0.587. The molecule has 1 heterocycles. The van der Waals surface area contributed by atoms with Crippen molar-refractivity contribution in [2.24, 2.45) is 0 Å². The number of carboxylic acid groups (broad SMARTS) is 1. The lowest BCUT2D eigenvalue weighted by atomic mass is 10.3. The van der Waals surface area contributed by atoms with Gasteiger partial charge < -0.3 is 10.2 Å². The molecule has 0 saturated heterocycles. The van der Waals surface area contributed by atoms with Crippen molar-refractivity contribution in [1.82, 2.24) is 4.98 Å². The molecule has 0 fully saturated rings. The van der Waals surface area contributed by atoms with E-state index in [1.54, 1.807) is 0 Å². The van der Waals surface area contributed by atoms with Crippen LogP contribution < -0.4 is 0 Å². The summed E-state index contributed by atoms with van der Waals surface area (Å²) in [6.45, 7) is 0. The first kappa shape index (κ1) is 7.46. The second-order valence-corrected chi connectivity index (χ2v) is 1.84. The van der Waals surface area contributed by atoms with Crippen LogP contribution in [-0.2, 0) is 0 Å². The van der Waals surface area contributed by atoms with Gasteiger partial charge in [-0.05, 0) is 0 Å². The van der Waals surface area contributed by atoms with E-state index in [2.05, 4.69) is 4.98 Å². The summed E-state index contributed by atoms with van der Waals surface area (Å²) < 4.78 is 12.4. The van der Waals surface area contributed by atoms with Crippen LogP contribution in [0.3, 0.4) is 0 Å². The normalized spacial score (nSPS) is 9.55. The molecular formula is C6H4FNO3. The molecule has 11 heavy (non-hydrogen) atoms. The zero-order chi connectivity index (χ0) is 8.43. The van der Waals surface area contributed by atoms with Crippen molar-refractivity contribution in [3.63, 3.8) is 0 Å². The molecule has 0 aliphatic heterocycles. The molecule has 0 spiro atoms. The highest BCUT2D eigenvalue weighted by molar-refractivity contribution is 5.87. The standard InChI is InChI=1S/C6H4FNO3/c7-5-4(6(10)11)1-3(9)2-8-5/h1-2,9H,(H,10,11). The van der Waals surface area contributed by atoms with Gasteiger partial charge >= 0.3 is 5.97 Å². The number of hydrogen-bond donors (Lipinski definition) is 2. The Balaban J connectivity index is 3.23. The second-order valence-electron chi connectivity index (χ2n) is 1.84. The fourth-order valence-corrected chi connectivity index (χ4v) is 0.587. The fraction of sp³-hybridized carbons (Fsp3) is 0. The van der Waals surface area contributed by atoms with E-state index in [1.165, 1.54) is 0 Å². The lowest BCUT2D eigenvalue weighted by Gasteiger charge is -1.95. The van der Waals surface area contributed by atoms with E-state index in [4.69, 9.17) is 10.2 Å². The molecule has 4 nitrogen and oxygen atoms in total. The van der Waals surface area contributed by atoms with E-state index in [-0.39, 0.29) is 5.75 Å². The Morgan fingerprint density at radius 1 is 1.64 bits per heavy atom. The van der Waals surface area contributed by atoms with Crippen molar-refractivity contribution < 1.29 is 19.4 Å². The van der Waals surface area contributed by atoms with Gasteiger partial charge in [0.15, 0.2) is 0 Å². The summed E-state index contributed by atoms with van der Waals surface area (Å²) in [6.07, 6.45) is 0.835. The minimum Gasteiger partial charge on any atom is -0.506 e. The number of carboxylic acids is 1. The molecule has 0 aliphatic rings. The predicted octanol–water partition coefficient (Wildman–Crippen LogP) is 0.625. The van der Waals surface area contributed by atoms with E-state index in [1.807, 2.05) is 0 Å². The Labute approximate surface area is 60.9 Å². The largest absolute Gasteiger partial charge is 0.506 e. The molecule has 0 aromatic carbocycles. The number of pyridine rings is 1. The molecule has 0 amide bonds. The van der Waals surface area contributed by atoms with Crippen LogP contribution >= 0.6 is 0 Å². The predicted molar refractivity (Wildman–Crippen MR) is 32.8 cm³/mol. The van der Waals surface area contributed by atoms with Crippen LogP contribution in [0.25, 0.3) is 0 Å². The number of hydrogen-bond acceptors (Lipinski definition) is 3. The van der Waals surface area contributed by atoms with Gasteiger partial charge in [-0.15, -0.1) is 0 Å². The zero-order valence-electron chi connectivity index (χ0n) is 5.28. The van der Waals surface area contributed by atoms with Gasteiger partial charge in [-0.1, -0.05) is 0 Å². The Bertz CT molecular complexity index is 300. The summed E-state index contributed by atoms with van der Waals surface area (Å²) in [5.41, 5.74) is -0.634. The van der Waals surface area contributed by atoms with Gasteiger partial charge in [-0.2, -0.15) is 4.39 Å². The van der Waals surface area contributed by atoms with Crippen molar-refractivity contribution in [3.05, 3.63) is 23.8 Å². The Kier molecular flexibility index (Phi) is 1.72. The maximum Gasteiger partial charge on any atom is 0.340 e. The van der Waals surface area contributed by atoms with Crippen molar-refractivity contribution in [3.8, 4) is 5.75 Å². The molecule has 2 N–H and O–H groups in total. The highest BCUT2D eigenvalue weighted by Crippen LogP contribution is 2.11. The van der Waals surface area contributed by atoms with E-state index in [0.29, 0.717) is 0 Å². The summed E-state index contributed by atoms with van der Waals surface area (Å²) in [5.74, 6) is -2.93. The van der Waals surface area contributed by atoms with Crippen LogP contribution in [-0.4, -0.2) is 21.2 Å². The molecule has 0 bridgehead atoms. The van der Waals surface area contributed by atoms with Crippen LogP contribution in [0.1, 0.15) is 10.4 Å². The first-order valence-corrected chi connectivity index (χ1v) is 2.69. The molecule has 0 saturated carbocycles. The highest BCUT2D eigenvalue weighted by atomic mass is 19.1. The maximum absolute atomic E-state index is 12.4. The number of aromatic hydroxyl groups is 1. The maximum atomic E-state index is 12.4. The number of aromatic nitrogens is 1. The van der Waals surface area contributed by atoms with Gasteiger partial charge in [-0.3, -0.25) is 0 Å². The van der Waals surface area contributed by atoms with Crippen molar-refractivity contribution in [2.45, 2.75) is 0 Å². The molecule has 0 radical (unpaired) electrons. The first-order chi connectivity index (χ1) is 5.11. The van der Waals surface area contributed by atoms with Crippen LogP contribution in [0.5, 0.6) is 5.75 Å². The molecule has 5 heteroatoms. The van der Waals surface area contributed by atoms with Crippen LogP contribution in [0.2, 0.25) is 0 Å². The second kappa shape index (κ2) is 2.53. The lowest BCUT2D eigenvalue weighted by molar-refractivity contribution is 0.0690. The smallest absolute Gasteiger partial charge is 0.340 e. The van der Waals surface area contributed by atoms with Gasteiger partial charge in [-0.25, -0.2) is 9.78 Å². The third kappa shape index (κ3) is 1.43. The molecule has 1 aromatic rings. The summed E-state index contributed by atoms with van der Waals surface area (Å²) >= 11 is 0. The summed E-state index contributed by atoms with van der Waals surface area (Å²) in [6, 6.07) is 0.796. The van der Waals surface area contributed by atoms with Crippen molar-refractivity contribution in [2.75, 3.05) is 0 Å². The molecular weight excluding hydrogens is 153 g/mol. The first-order valence-electron chi connectivity index (χ1n) is 2.69. The van der Waals surface area contributed by atoms with Crippen LogP contribution in [0.15, 0.2) is 12.3 Å². The molecule has 1 rings (SSSR count). The van der Waals surface area contributed by atoms with Gasteiger partial charge in [0.05, 0.1) is 6.20 Å². The van der Waals surface area contributed by atoms with E-state index in [9.17, 15) is 9.18 Å². The van der Waals surface area contributed by atoms with Gasteiger partial charge in [0.25, 0.3) is 0 Å². The molecule has 0 aliphatic carbocycles. The lowest BCUT2D eigenvalue weighted by Crippen LogP contribution is -2.01. The highest BCUT2D eigenvalue weighted by Gasteiger charge is 2.11. The quantitative estimate of drug-likeness (QED) is 0.586. The molecule has 0 unspecified atom stereocenters. The summed E-state index contributed by atoms with van der Waals surface area (Å²) in [4.78, 5) is 13.2. The van der Waals surface area contributed by atoms with Crippen molar-refractivity contribution >= 4 is 5.97 Å². The number of rotatable bonds is 1. The van der Waals surface area contributed by atoms with Gasteiger partial charge in [0, 0.05) is 6.07 Å². The molecule has 1 aromatic heterocycles. The van der Waals surface area contributed by atoms with Crippen LogP contribution in [0, 0.1) is 5.95 Å².